The summed E-state index contributed by atoms with van der Waals surface area (Å²) >= 11 is 1.40. The Hall–Kier alpha value is -2.81. The van der Waals surface area contributed by atoms with Crippen molar-refractivity contribution >= 4 is 34.6 Å². The van der Waals surface area contributed by atoms with E-state index in [0.717, 1.165) is 5.52 Å². The first-order chi connectivity index (χ1) is 11.7. The van der Waals surface area contributed by atoms with Crippen LogP contribution in [0.4, 0.5) is 0 Å². The van der Waals surface area contributed by atoms with Crippen LogP contribution in [0, 0.1) is 0 Å². The summed E-state index contributed by atoms with van der Waals surface area (Å²) in [5, 5.41) is 8.94. The number of fused-ring (bicyclic) bond motifs is 1. The second-order valence-corrected chi connectivity index (χ2v) is 6.28. The Morgan fingerprint density at radius 3 is 3.04 bits per heavy atom. The molecule has 0 aliphatic carbocycles. The van der Waals surface area contributed by atoms with Gasteiger partial charge in [0.2, 0.25) is 0 Å². The lowest BCUT2D eigenvalue weighted by atomic mass is 10.3. The normalized spacial score (nSPS) is 17.6. The first-order valence-corrected chi connectivity index (χ1v) is 8.32. The number of carbonyl (C=O) groups is 2. The average molecular weight is 343 g/mol. The number of para-hydroxylation sites is 1. The molecule has 1 unspecified atom stereocenters. The summed E-state index contributed by atoms with van der Waals surface area (Å²) in [6, 6.07) is 10.9. The van der Waals surface area contributed by atoms with Crippen LogP contribution in [-0.4, -0.2) is 37.6 Å². The van der Waals surface area contributed by atoms with E-state index in [9.17, 15) is 9.59 Å². The lowest BCUT2D eigenvalue weighted by Gasteiger charge is -2.22. The number of hydrazine groups is 1. The summed E-state index contributed by atoms with van der Waals surface area (Å²) in [5.41, 5.74) is 4.12. The van der Waals surface area contributed by atoms with E-state index >= 15 is 0 Å². The van der Waals surface area contributed by atoms with E-state index in [-0.39, 0.29) is 29.5 Å². The Morgan fingerprint density at radius 2 is 2.21 bits per heavy atom. The molecular weight excluding hydrogens is 330 g/mol. The molecule has 1 aliphatic heterocycles. The number of hydrogen-bond acceptors (Lipinski definition) is 6. The van der Waals surface area contributed by atoms with Crippen LogP contribution >= 0.6 is 11.8 Å². The molecule has 2 aromatic heterocycles. The monoisotopic (exact) mass is 343 g/mol. The van der Waals surface area contributed by atoms with E-state index in [1.54, 1.807) is 18.4 Å². The van der Waals surface area contributed by atoms with Gasteiger partial charge in [-0.05, 0) is 24.3 Å². The Balaban J connectivity index is 1.50. The van der Waals surface area contributed by atoms with Gasteiger partial charge in [-0.1, -0.05) is 17.3 Å². The van der Waals surface area contributed by atoms with E-state index in [1.807, 2.05) is 24.3 Å². The minimum Gasteiger partial charge on any atom is -0.466 e. The number of hydrogen-bond donors (Lipinski definition) is 1. The van der Waals surface area contributed by atoms with Gasteiger partial charge < -0.3 is 4.42 Å². The van der Waals surface area contributed by atoms with E-state index in [4.69, 9.17) is 4.42 Å². The van der Waals surface area contributed by atoms with Crippen LogP contribution in [0.2, 0.25) is 0 Å². The molecular formula is C15H13N5O3S. The van der Waals surface area contributed by atoms with Crippen molar-refractivity contribution in [3.8, 4) is 0 Å². The Morgan fingerprint density at radius 1 is 1.33 bits per heavy atom. The highest BCUT2D eigenvalue weighted by Gasteiger charge is 2.36. The van der Waals surface area contributed by atoms with E-state index < -0.39 is 0 Å². The Labute approximate surface area is 140 Å². The minimum absolute atomic E-state index is 0.0279. The van der Waals surface area contributed by atoms with Crippen LogP contribution in [0.5, 0.6) is 0 Å². The SMILES string of the molecule is O=C(Cn1nnc2ccccc21)NN1C(=O)CSC1c1ccco1. The zero-order chi connectivity index (χ0) is 16.5. The molecule has 0 spiro atoms. The highest BCUT2D eigenvalue weighted by molar-refractivity contribution is 8.00. The Kier molecular flexibility index (Phi) is 3.69. The second-order valence-electron chi connectivity index (χ2n) is 5.21. The second kappa shape index (κ2) is 6.00. The quantitative estimate of drug-likeness (QED) is 0.768. The zero-order valence-corrected chi connectivity index (χ0v) is 13.3. The summed E-state index contributed by atoms with van der Waals surface area (Å²) in [6.45, 7) is -0.0279. The number of furan rings is 1. The van der Waals surface area contributed by atoms with Crippen molar-refractivity contribution in [3.05, 3.63) is 48.4 Å². The van der Waals surface area contributed by atoms with Crippen molar-refractivity contribution in [2.24, 2.45) is 0 Å². The maximum Gasteiger partial charge on any atom is 0.260 e. The lowest BCUT2D eigenvalue weighted by Crippen LogP contribution is -2.45. The van der Waals surface area contributed by atoms with Crippen LogP contribution in [0.25, 0.3) is 11.0 Å². The molecule has 1 fully saturated rings. The molecule has 1 saturated heterocycles. The van der Waals surface area contributed by atoms with Gasteiger partial charge in [0, 0.05) is 0 Å². The molecule has 24 heavy (non-hydrogen) atoms. The third-order valence-corrected chi connectivity index (χ3v) is 4.79. The standard InChI is InChI=1S/C15H13N5O3S/c21-13(8-19-11-5-2-1-4-10(11)16-18-19)17-20-14(22)9-24-15(20)12-6-3-7-23-12/h1-7,15H,8-9H2,(H,17,21). The molecule has 1 aliphatic rings. The smallest absolute Gasteiger partial charge is 0.260 e. The van der Waals surface area contributed by atoms with Crippen molar-refractivity contribution < 1.29 is 14.0 Å². The zero-order valence-electron chi connectivity index (χ0n) is 12.5. The molecule has 4 rings (SSSR count). The van der Waals surface area contributed by atoms with Gasteiger partial charge in [-0.25, -0.2) is 9.69 Å². The van der Waals surface area contributed by atoms with E-state index in [0.29, 0.717) is 11.3 Å². The van der Waals surface area contributed by atoms with Gasteiger partial charge in [0.25, 0.3) is 11.8 Å². The predicted octanol–water partition coefficient (Wildman–Crippen LogP) is 1.33. The number of aromatic nitrogens is 3. The summed E-state index contributed by atoms with van der Waals surface area (Å²) in [7, 11) is 0. The van der Waals surface area contributed by atoms with E-state index in [2.05, 4.69) is 15.7 Å². The predicted molar refractivity (Wildman–Crippen MR) is 86.4 cm³/mol. The van der Waals surface area contributed by atoms with Gasteiger partial charge in [0.15, 0.2) is 5.37 Å². The lowest BCUT2D eigenvalue weighted by molar-refractivity contribution is -0.140. The average Bonchev–Trinajstić information content (AvgIpc) is 3.30. The van der Waals surface area contributed by atoms with Crippen molar-refractivity contribution in [1.29, 1.82) is 0 Å². The molecule has 2 amide bonds. The molecule has 0 saturated carbocycles. The van der Waals surface area contributed by atoms with E-state index in [1.165, 1.54) is 21.5 Å². The fourth-order valence-corrected chi connectivity index (χ4v) is 3.58. The van der Waals surface area contributed by atoms with Crippen LogP contribution in [-0.2, 0) is 16.1 Å². The molecule has 9 heteroatoms. The van der Waals surface area contributed by atoms with Crippen molar-refractivity contribution in [1.82, 2.24) is 25.4 Å². The highest BCUT2D eigenvalue weighted by Crippen LogP contribution is 2.37. The maximum atomic E-state index is 12.3. The minimum atomic E-state index is -0.357. The number of amides is 2. The molecule has 3 aromatic rings. The number of nitrogens with zero attached hydrogens (tertiary/aromatic N) is 4. The summed E-state index contributed by atoms with van der Waals surface area (Å²) < 4.78 is 6.85. The van der Waals surface area contributed by atoms with Crippen LogP contribution < -0.4 is 5.43 Å². The number of thioether (sulfide) groups is 1. The first kappa shape index (κ1) is 14.8. The number of nitrogens with one attached hydrogen (secondary N) is 1. The third-order valence-electron chi connectivity index (χ3n) is 3.61. The van der Waals surface area contributed by atoms with Gasteiger partial charge in [-0.3, -0.25) is 15.0 Å². The van der Waals surface area contributed by atoms with Gasteiger partial charge >= 0.3 is 0 Å². The van der Waals surface area contributed by atoms with Gasteiger partial charge in [-0.15, -0.1) is 16.9 Å². The third kappa shape index (κ3) is 2.62. The Bertz CT molecular complexity index is 892. The van der Waals surface area contributed by atoms with Gasteiger partial charge in [0.1, 0.15) is 17.8 Å². The summed E-state index contributed by atoms with van der Waals surface area (Å²) in [4.78, 5) is 24.4. The molecule has 1 aromatic carbocycles. The number of benzene rings is 1. The van der Waals surface area contributed by atoms with Crippen molar-refractivity contribution in [3.63, 3.8) is 0 Å². The van der Waals surface area contributed by atoms with Crippen LogP contribution in [0.1, 0.15) is 11.1 Å². The largest absolute Gasteiger partial charge is 0.466 e. The fraction of sp³-hybridized carbons (Fsp3) is 0.200. The molecule has 3 heterocycles. The fourth-order valence-electron chi connectivity index (χ4n) is 2.53. The number of carbonyl (C=O) groups excluding carboxylic acids is 2. The number of rotatable bonds is 4. The molecule has 1 N–H and O–H groups in total. The molecule has 0 bridgehead atoms. The van der Waals surface area contributed by atoms with Crippen LogP contribution in [0.15, 0.2) is 47.1 Å². The molecule has 122 valence electrons. The topological polar surface area (TPSA) is 93.3 Å². The molecule has 0 radical (unpaired) electrons. The first-order valence-electron chi connectivity index (χ1n) is 7.27. The van der Waals surface area contributed by atoms with Crippen molar-refractivity contribution in [2.45, 2.75) is 11.9 Å². The summed E-state index contributed by atoms with van der Waals surface area (Å²) in [6.07, 6.45) is 1.54. The summed E-state index contributed by atoms with van der Waals surface area (Å²) in [5.74, 6) is 0.395. The van der Waals surface area contributed by atoms with Gasteiger partial charge in [-0.2, -0.15) is 0 Å². The maximum absolute atomic E-state index is 12.3. The molecule has 1 atom stereocenters. The highest BCUT2D eigenvalue weighted by atomic mass is 32.2. The van der Waals surface area contributed by atoms with Crippen LogP contribution in [0.3, 0.4) is 0 Å². The van der Waals surface area contributed by atoms with Crippen molar-refractivity contribution in [2.75, 3.05) is 5.75 Å². The molecule has 8 nitrogen and oxygen atoms in total. The van der Waals surface area contributed by atoms with Gasteiger partial charge in [0.05, 0.1) is 17.5 Å².